The van der Waals surface area contributed by atoms with Crippen LogP contribution in [0.5, 0.6) is 5.75 Å². The molecule has 2 N–H and O–H groups in total. The van der Waals surface area contributed by atoms with Crippen LogP contribution in [-0.2, 0) is 4.79 Å². The monoisotopic (exact) mass is 454 g/mol. The van der Waals surface area contributed by atoms with Crippen molar-refractivity contribution in [3.05, 3.63) is 82.9 Å². The Hall–Kier alpha value is -2.96. The topological polar surface area (TPSA) is 67.4 Å². The van der Waals surface area contributed by atoms with Gasteiger partial charge in [0.25, 0.3) is 5.91 Å². The average Bonchev–Trinajstić information content (AvgIpc) is 2.74. The van der Waals surface area contributed by atoms with E-state index in [4.69, 9.17) is 16.3 Å². The Morgan fingerprint density at radius 1 is 1.00 bits per heavy atom. The lowest BCUT2D eigenvalue weighted by Gasteiger charge is -2.15. The molecule has 0 aliphatic carbocycles. The van der Waals surface area contributed by atoms with Crippen LogP contribution in [0.2, 0.25) is 5.02 Å². The fourth-order valence-electron chi connectivity index (χ4n) is 2.91. The molecular weight excluding hydrogens is 432 g/mol. The number of aryl methyl sites for hydroxylation is 1. The Kier molecular flexibility index (Phi) is 7.60. The van der Waals surface area contributed by atoms with Gasteiger partial charge in [0.2, 0.25) is 5.91 Å². The molecule has 0 aliphatic heterocycles. The molecule has 2 amide bonds. The summed E-state index contributed by atoms with van der Waals surface area (Å²) in [5.74, 6) is 0.181. The van der Waals surface area contributed by atoms with Gasteiger partial charge in [-0.25, -0.2) is 0 Å². The molecule has 31 heavy (non-hydrogen) atoms. The minimum Gasteiger partial charge on any atom is -0.495 e. The molecule has 0 aromatic heterocycles. The number of ether oxygens (including phenoxy) is 1. The Labute approximate surface area is 191 Å². The number of rotatable bonds is 7. The lowest BCUT2D eigenvalue weighted by atomic mass is 10.1. The molecule has 3 aromatic carbocycles. The summed E-state index contributed by atoms with van der Waals surface area (Å²) in [5.41, 5.74) is 2.81. The number of nitrogens with one attached hydrogen (secondary N) is 2. The SMILES string of the molecule is COc1ccc(Cl)cc1NC(=O)C(C)Sc1cccc(NC(=O)c2cccc(C)c2)c1. The fraction of sp³-hybridized carbons (Fsp3) is 0.167. The van der Waals surface area contributed by atoms with Crippen LogP contribution >= 0.6 is 23.4 Å². The highest BCUT2D eigenvalue weighted by Crippen LogP contribution is 2.30. The van der Waals surface area contributed by atoms with Crippen LogP contribution in [0.15, 0.2) is 71.6 Å². The third kappa shape index (κ3) is 6.26. The summed E-state index contributed by atoms with van der Waals surface area (Å²) in [6, 6.07) is 19.9. The number of thioether (sulfide) groups is 1. The minimum absolute atomic E-state index is 0.176. The first kappa shape index (κ1) is 22.7. The third-order valence-corrected chi connectivity index (χ3v) is 5.80. The van der Waals surface area contributed by atoms with Crippen LogP contribution in [-0.4, -0.2) is 24.2 Å². The molecule has 0 saturated carbocycles. The van der Waals surface area contributed by atoms with E-state index in [2.05, 4.69) is 10.6 Å². The second-order valence-corrected chi connectivity index (χ2v) is 8.80. The maximum atomic E-state index is 12.7. The van der Waals surface area contributed by atoms with Gasteiger partial charge in [-0.1, -0.05) is 35.4 Å². The van der Waals surface area contributed by atoms with E-state index in [1.165, 1.54) is 18.9 Å². The number of hydrogen-bond donors (Lipinski definition) is 2. The van der Waals surface area contributed by atoms with Gasteiger partial charge in [0.1, 0.15) is 5.75 Å². The van der Waals surface area contributed by atoms with E-state index in [-0.39, 0.29) is 17.1 Å². The van der Waals surface area contributed by atoms with Crippen LogP contribution in [0.1, 0.15) is 22.8 Å². The first-order chi connectivity index (χ1) is 14.9. The van der Waals surface area contributed by atoms with Crippen molar-refractivity contribution in [2.24, 2.45) is 0 Å². The van der Waals surface area contributed by atoms with Gasteiger partial charge < -0.3 is 15.4 Å². The number of amides is 2. The van der Waals surface area contributed by atoms with E-state index in [9.17, 15) is 9.59 Å². The maximum absolute atomic E-state index is 12.7. The molecule has 160 valence electrons. The van der Waals surface area contributed by atoms with Crippen molar-refractivity contribution in [3.63, 3.8) is 0 Å². The zero-order valence-corrected chi connectivity index (χ0v) is 19.0. The number of benzene rings is 3. The van der Waals surface area contributed by atoms with Crippen molar-refractivity contribution in [1.29, 1.82) is 0 Å². The highest BCUT2D eigenvalue weighted by molar-refractivity contribution is 8.00. The van der Waals surface area contributed by atoms with Gasteiger partial charge in [0.05, 0.1) is 18.0 Å². The zero-order chi connectivity index (χ0) is 22.4. The molecule has 0 saturated heterocycles. The van der Waals surface area contributed by atoms with Gasteiger partial charge in [-0.05, 0) is 62.4 Å². The van der Waals surface area contributed by atoms with Gasteiger partial charge in [-0.15, -0.1) is 11.8 Å². The van der Waals surface area contributed by atoms with Crippen molar-refractivity contribution in [3.8, 4) is 5.75 Å². The number of hydrogen-bond acceptors (Lipinski definition) is 4. The largest absolute Gasteiger partial charge is 0.495 e. The summed E-state index contributed by atoms with van der Waals surface area (Å²) in [6.45, 7) is 3.76. The molecule has 0 spiro atoms. The van der Waals surface area contributed by atoms with Crippen molar-refractivity contribution in [2.75, 3.05) is 17.7 Å². The summed E-state index contributed by atoms with van der Waals surface area (Å²) in [4.78, 5) is 26.0. The fourth-order valence-corrected chi connectivity index (χ4v) is 4.01. The van der Waals surface area contributed by atoms with Crippen LogP contribution < -0.4 is 15.4 Å². The standard InChI is InChI=1S/C24H23ClN2O3S/c1-15-6-4-7-17(12-15)24(29)26-19-8-5-9-20(14-19)31-16(2)23(28)27-21-13-18(25)10-11-22(21)30-3/h4-14,16H,1-3H3,(H,26,29)(H,27,28). The number of carbonyl (C=O) groups is 2. The molecule has 0 radical (unpaired) electrons. The molecule has 0 fully saturated rings. The Bertz CT molecular complexity index is 1100. The predicted molar refractivity (Wildman–Crippen MR) is 128 cm³/mol. The van der Waals surface area contributed by atoms with Crippen molar-refractivity contribution in [1.82, 2.24) is 0 Å². The molecular formula is C24H23ClN2O3S. The molecule has 1 unspecified atom stereocenters. The van der Waals surface area contributed by atoms with Crippen LogP contribution in [0.4, 0.5) is 11.4 Å². The van der Waals surface area contributed by atoms with Crippen molar-refractivity contribution >= 4 is 46.6 Å². The number of anilines is 2. The lowest BCUT2D eigenvalue weighted by Crippen LogP contribution is -2.22. The average molecular weight is 455 g/mol. The van der Waals surface area contributed by atoms with E-state index in [1.807, 2.05) is 56.3 Å². The molecule has 3 aromatic rings. The van der Waals surface area contributed by atoms with E-state index < -0.39 is 0 Å². The highest BCUT2D eigenvalue weighted by Gasteiger charge is 2.17. The van der Waals surface area contributed by atoms with Crippen molar-refractivity contribution < 1.29 is 14.3 Å². The van der Waals surface area contributed by atoms with Gasteiger partial charge in [0.15, 0.2) is 0 Å². The maximum Gasteiger partial charge on any atom is 0.255 e. The number of methoxy groups -OCH3 is 1. The van der Waals surface area contributed by atoms with Crippen LogP contribution in [0, 0.1) is 6.92 Å². The summed E-state index contributed by atoms with van der Waals surface area (Å²) < 4.78 is 5.28. The van der Waals surface area contributed by atoms with Gasteiger partial charge in [-0.3, -0.25) is 9.59 Å². The van der Waals surface area contributed by atoms with Gasteiger partial charge in [0, 0.05) is 21.2 Å². The first-order valence-electron chi connectivity index (χ1n) is 9.65. The summed E-state index contributed by atoms with van der Waals surface area (Å²) in [7, 11) is 1.54. The highest BCUT2D eigenvalue weighted by atomic mass is 35.5. The molecule has 7 heteroatoms. The van der Waals surface area contributed by atoms with Crippen LogP contribution in [0.25, 0.3) is 0 Å². The van der Waals surface area contributed by atoms with E-state index in [1.54, 1.807) is 24.3 Å². The Morgan fingerprint density at radius 2 is 1.77 bits per heavy atom. The molecule has 3 rings (SSSR count). The van der Waals surface area contributed by atoms with Crippen molar-refractivity contribution in [2.45, 2.75) is 24.0 Å². The van der Waals surface area contributed by atoms with Crippen LogP contribution in [0.3, 0.4) is 0 Å². The van der Waals surface area contributed by atoms with E-state index in [0.717, 1.165) is 10.5 Å². The smallest absolute Gasteiger partial charge is 0.255 e. The minimum atomic E-state index is -0.383. The number of halogens is 1. The molecule has 1 atom stereocenters. The lowest BCUT2D eigenvalue weighted by molar-refractivity contribution is -0.115. The molecule has 0 heterocycles. The van der Waals surface area contributed by atoms with E-state index in [0.29, 0.717) is 27.7 Å². The molecule has 5 nitrogen and oxygen atoms in total. The summed E-state index contributed by atoms with van der Waals surface area (Å²) in [6.07, 6.45) is 0. The third-order valence-electron chi connectivity index (χ3n) is 4.47. The van der Waals surface area contributed by atoms with Gasteiger partial charge in [-0.2, -0.15) is 0 Å². The second-order valence-electron chi connectivity index (χ2n) is 6.95. The quantitative estimate of drug-likeness (QED) is 0.428. The summed E-state index contributed by atoms with van der Waals surface area (Å²) in [5, 5.41) is 5.89. The molecule has 0 bridgehead atoms. The summed E-state index contributed by atoms with van der Waals surface area (Å²) >= 11 is 7.42. The molecule has 0 aliphatic rings. The second kappa shape index (κ2) is 10.4. The number of carbonyl (C=O) groups excluding carboxylic acids is 2. The Balaban J connectivity index is 1.65. The Morgan fingerprint density at radius 3 is 2.52 bits per heavy atom. The zero-order valence-electron chi connectivity index (χ0n) is 17.4. The normalized spacial score (nSPS) is 11.5. The first-order valence-corrected chi connectivity index (χ1v) is 10.9. The van der Waals surface area contributed by atoms with E-state index >= 15 is 0 Å². The predicted octanol–water partition coefficient (Wildman–Crippen LogP) is 6.03. The van der Waals surface area contributed by atoms with Gasteiger partial charge >= 0.3 is 0 Å².